The number of likely N-dealkylation sites (tertiary alicyclic amines) is 1. The molecular formula is C17H22N2O3S. The van der Waals surface area contributed by atoms with Gasteiger partial charge < -0.3 is 14.9 Å². The minimum absolute atomic E-state index is 0.0773. The number of benzene rings is 1. The number of aromatic hydroxyl groups is 1. The molecular weight excluding hydrogens is 312 g/mol. The van der Waals surface area contributed by atoms with E-state index in [0.717, 1.165) is 36.6 Å². The second kappa shape index (κ2) is 7.25. The molecule has 2 heterocycles. The maximum absolute atomic E-state index is 12.5. The highest BCUT2D eigenvalue weighted by molar-refractivity contribution is 7.99. The first kappa shape index (κ1) is 16.2. The summed E-state index contributed by atoms with van der Waals surface area (Å²) in [5.74, 6) is 2.29. The van der Waals surface area contributed by atoms with E-state index in [0.29, 0.717) is 19.5 Å². The van der Waals surface area contributed by atoms with Crippen molar-refractivity contribution in [3.63, 3.8) is 0 Å². The van der Waals surface area contributed by atoms with Crippen LogP contribution in [0.4, 0.5) is 0 Å². The molecule has 0 saturated carbocycles. The average molecular weight is 334 g/mol. The van der Waals surface area contributed by atoms with Crippen molar-refractivity contribution in [1.82, 2.24) is 9.80 Å². The highest BCUT2D eigenvalue weighted by Crippen LogP contribution is 2.22. The first-order valence-corrected chi connectivity index (χ1v) is 9.21. The van der Waals surface area contributed by atoms with Gasteiger partial charge in [-0.1, -0.05) is 12.1 Å². The summed E-state index contributed by atoms with van der Waals surface area (Å²) in [4.78, 5) is 28.4. The van der Waals surface area contributed by atoms with Crippen molar-refractivity contribution in [2.45, 2.75) is 12.8 Å². The largest absolute Gasteiger partial charge is 0.508 e. The van der Waals surface area contributed by atoms with Gasteiger partial charge in [0.25, 0.3) is 0 Å². The number of carbonyl (C=O) groups excluding carboxylic acids is 2. The van der Waals surface area contributed by atoms with Crippen molar-refractivity contribution in [1.29, 1.82) is 0 Å². The first-order chi connectivity index (χ1) is 11.1. The van der Waals surface area contributed by atoms with Crippen LogP contribution in [0.3, 0.4) is 0 Å². The van der Waals surface area contributed by atoms with Crippen molar-refractivity contribution in [3.8, 4) is 5.75 Å². The molecule has 2 aliphatic rings. The third kappa shape index (κ3) is 3.99. The Morgan fingerprint density at radius 3 is 2.61 bits per heavy atom. The fourth-order valence-electron chi connectivity index (χ4n) is 3.12. The lowest BCUT2D eigenvalue weighted by molar-refractivity contribution is -0.135. The van der Waals surface area contributed by atoms with Crippen LogP contribution >= 0.6 is 11.8 Å². The molecule has 0 radical (unpaired) electrons. The fraction of sp³-hybridized carbons (Fsp3) is 0.529. The zero-order chi connectivity index (χ0) is 16.2. The van der Waals surface area contributed by atoms with Crippen molar-refractivity contribution in [2.75, 3.05) is 37.7 Å². The Balaban J connectivity index is 1.52. The Kier molecular flexibility index (Phi) is 5.10. The van der Waals surface area contributed by atoms with E-state index >= 15 is 0 Å². The van der Waals surface area contributed by atoms with Gasteiger partial charge in [0.1, 0.15) is 5.75 Å². The average Bonchev–Trinajstić information content (AvgIpc) is 2.95. The highest BCUT2D eigenvalue weighted by atomic mass is 32.2. The van der Waals surface area contributed by atoms with Crippen LogP contribution in [0.5, 0.6) is 5.75 Å². The van der Waals surface area contributed by atoms with E-state index < -0.39 is 0 Å². The smallest absolute Gasteiger partial charge is 0.228 e. The van der Waals surface area contributed by atoms with Gasteiger partial charge >= 0.3 is 0 Å². The van der Waals surface area contributed by atoms with Gasteiger partial charge in [0.05, 0.1) is 5.92 Å². The number of amides is 2. The molecule has 2 aliphatic heterocycles. The summed E-state index contributed by atoms with van der Waals surface area (Å²) >= 11 is 1.88. The molecule has 6 heteroatoms. The van der Waals surface area contributed by atoms with Crippen molar-refractivity contribution >= 4 is 23.6 Å². The third-order valence-electron chi connectivity index (χ3n) is 4.49. The van der Waals surface area contributed by atoms with Gasteiger partial charge in [-0.2, -0.15) is 11.8 Å². The quantitative estimate of drug-likeness (QED) is 0.903. The van der Waals surface area contributed by atoms with Crippen LogP contribution < -0.4 is 0 Å². The lowest BCUT2D eigenvalue weighted by atomic mass is 10.1. The number of phenols is 1. The van der Waals surface area contributed by atoms with Crippen LogP contribution in [0.15, 0.2) is 24.3 Å². The van der Waals surface area contributed by atoms with Gasteiger partial charge in [-0.05, 0) is 24.1 Å². The Morgan fingerprint density at radius 2 is 1.91 bits per heavy atom. The Bertz CT molecular complexity index is 570. The van der Waals surface area contributed by atoms with Gasteiger partial charge in [-0.25, -0.2) is 0 Å². The third-order valence-corrected chi connectivity index (χ3v) is 5.44. The van der Waals surface area contributed by atoms with E-state index in [2.05, 4.69) is 0 Å². The highest BCUT2D eigenvalue weighted by Gasteiger charge is 2.36. The summed E-state index contributed by atoms with van der Waals surface area (Å²) < 4.78 is 0. The van der Waals surface area contributed by atoms with Crippen LogP contribution in [0.25, 0.3) is 0 Å². The molecule has 2 amide bonds. The van der Waals surface area contributed by atoms with Gasteiger partial charge in [0, 0.05) is 44.1 Å². The summed E-state index contributed by atoms with van der Waals surface area (Å²) in [5.41, 5.74) is 1.08. The standard InChI is InChI=1S/C17H22N2O3S/c20-15-3-1-13(2-4-15)5-6-19-12-14(11-16(19)21)17(22)18-7-9-23-10-8-18/h1-4,14,20H,5-12H2/t14-/m1/s1. The van der Waals surface area contributed by atoms with Gasteiger partial charge in [0.2, 0.25) is 11.8 Å². The number of nitrogens with zero attached hydrogens (tertiary/aromatic N) is 2. The molecule has 0 unspecified atom stereocenters. The van der Waals surface area contributed by atoms with E-state index in [9.17, 15) is 14.7 Å². The monoisotopic (exact) mass is 334 g/mol. The molecule has 1 N–H and O–H groups in total. The zero-order valence-corrected chi connectivity index (χ0v) is 13.9. The lowest BCUT2D eigenvalue weighted by Gasteiger charge is -2.28. The molecule has 0 aromatic heterocycles. The van der Waals surface area contributed by atoms with E-state index in [1.54, 1.807) is 17.0 Å². The van der Waals surface area contributed by atoms with Crippen molar-refractivity contribution in [3.05, 3.63) is 29.8 Å². The Labute approximate surface area is 140 Å². The van der Waals surface area contributed by atoms with Crippen molar-refractivity contribution < 1.29 is 14.7 Å². The maximum Gasteiger partial charge on any atom is 0.228 e. The minimum atomic E-state index is -0.176. The summed E-state index contributed by atoms with van der Waals surface area (Å²) in [6, 6.07) is 7.04. The normalized spacial score (nSPS) is 21.7. The van der Waals surface area contributed by atoms with E-state index in [4.69, 9.17) is 0 Å². The van der Waals surface area contributed by atoms with E-state index in [1.165, 1.54) is 0 Å². The van der Waals surface area contributed by atoms with E-state index in [-0.39, 0.29) is 23.5 Å². The second-order valence-corrected chi connectivity index (χ2v) is 7.32. The molecule has 1 atom stereocenters. The Hall–Kier alpha value is -1.69. The molecule has 1 aromatic rings. The number of hydrogen-bond acceptors (Lipinski definition) is 4. The predicted molar refractivity (Wildman–Crippen MR) is 90.4 cm³/mol. The SMILES string of the molecule is O=C1C[C@@H](C(=O)N2CCSCC2)CN1CCc1ccc(O)cc1. The summed E-state index contributed by atoms with van der Waals surface area (Å²) in [6.45, 7) is 2.78. The molecule has 0 bridgehead atoms. The molecule has 3 rings (SSSR count). The van der Waals surface area contributed by atoms with Gasteiger partial charge in [0.15, 0.2) is 0 Å². The van der Waals surface area contributed by atoms with Crippen LogP contribution in [0.2, 0.25) is 0 Å². The van der Waals surface area contributed by atoms with Crippen LogP contribution in [0, 0.1) is 5.92 Å². The Morgan fingerprint density at radius 1 is 1.22 bits per heavy atom. The first-order valence-electron chi connectivity index (χ1n) is 8.05. The van der Waals surface area contributed by atoms with Crippen LogP contribution in [0.1, 0.15) is 12.0 Å². The number of thioether (sulfide) groups is 1. The minimum Gasteiger partial charge on any atom is -0.508 e. The molecule has 23 heavy (non-hydrogen) atoms. The molecule has 124 valence electrons. The maximum atomic E-state index is 12.5. The van der Waals surface area contributed by atoms with Gasteiger partial charge in [-0.15, -0.1) is 0 Å². The summed E-state index contributed by atoms with van der Waals surface area (Å²) in [6.07, 6.45) is 1.09. The van der Waals surface area contributed by atoms with E-state index in [1.807, 2.05) is 28.8 Å². The van der Waals surface area contributed by atoms with Gasteiger partial charge in [-0.3, -0.25) is 9.59 Å². The van der Waals surface area contributed by atoms with Crippen LogP contribution in [-0.2, 0) is 16.0 Å². The molecule has 1 aromatic carbocycles. The molecule has 0 aliphatic carbocycles. The molecule has 2 fully saturated rings. The predicted octanol–water partition coefficient (Wildman–Crippen LogP) is 1.36. The summed E-state index contributed by atoms with van der Waals surface area (Å²) in [5, 5.41) is 9.29. The van der Waals surface area contributed by atoms with Crippen molar-refractivity contribution in [2.24, 2.45) is 5.92 Å². The number of phenolic OH excluding ortho intramolecular Hbond substituents is 1. The van der Waals surface area contributed by atoms with Crippen LogP contribution in [-0.4, -0.2) is 64.4 Å². The molecule has 0 spiro atoms. The lowest BCUT2D eigenvalue weighted by Crippen LogP contribution is -2.42. The summed E-state index contributed by atoms with van der Waals surface area (Å²) in [7, 11) is 0. The molecule has 2 saturated heterocycles. The number of hydrogen-bond donors (Lipinski definition) is 1. The second-order valence-electron chi connectivity index (χ2n) is 6.09. The number of carbonyl (C=O) groups is 2. The zero-order valence-electron chi connectivity index (χ0n) is 13.1. The molecule has 5 nitrogen and oxygen atoms in total. The number of rotatable bonds is 4. The fourth-order valence-corrected chi connectivity index (χ4v) is 4.03. The topological polar surface area (TPSA) is 60.9 Å².